The molecule has 35 heavy (non-hydrogen) atoms. The Hall–Kier alpha value is -4.43. The van der Waals surface area contributed by atoms with Crippen molar-refractivity contribution in [3.05, 3.63) is 112 Å². The highest BCUT2D eigenvalue weighted by atomic mass is 35.5. The van der Waals surface area contributed by atoms with Gasteiger partial charge in [-0.1, -0.05) is 48.0 Å². The summed E-state index contributed by atoms with van der Waals surface area (Å²) >= 11 is 6.40. The second-order valence-corrected chi connectivity index (χ2v) is 8.06. The minimum absolute atomic E-state index is 0.0236. The Morgan fingerprint density at radius 2 is 1.77 bits per heavy atom. The molecule has 0 fully saturated rings. The number of nitrogens with two attached hydrogens (primary N) is 2. The minimum Gasteiger partial charge on any atom is -0.457 e. The Kier molecular flexibility index (Phi) is 7.23. The smallest absolute Gasteiger partial charge is 0.271 e. The number of ether oxygens (including phenoxy) is 1. The molecule has 4 aromatic rings. The molecule has 1 heterocycles. The van der Waals surface area contributed by atoms with Crippen molar-refractivity contribution in [2.45, 2.75) is 13.0 Å². The molecule has 0 aliphatic rings. The lowest BCUT2D eigenvalue weighted by molar-refractivity contribution is 0.0949. The summed E-state index contributed by atoms with van der Waals surface area (Å²) in [6.45, 7) is 0.177. The van der Waals surface area contributed by atoms with Gasteiger partial charge in [-0.25, -0.2) is 9.97 Å². The zero-order valence-electron chi connectivity index (χ0n) is 18.6. The Morgan fingerprint density at radius 3 is 2.54 bits per heavy atom. The van der Waals surface area contributed by atoms with E-state index in [1.165, 1.54) is 6.20 Å². The summed E-state index contributed by atoms with van der Waals surface area (Å²) in [5, 5.41) is 3.38. The van der Waals surface area contributed by atoms with Crippen LogP contribution in [0.25, 0.3) is 0 Å². The van der Waals surface area contributed by atoms with E-state index in [-0.39, 0.29) is 24.0 Å². The van der Waals surface area contributed by atoms with Crippen molar-refractivity contribution in [3.63, 3.8) is 0 Å². The molecule has 0 unspecified atom stereocenters. The zero-order chi connectivity index (χ0) is 24.8. The Labute approximate surface area is 206 Å². The molecule has 0 radical (unpaired) electrons. The number of benzene rings is 3. The number of carbonyl (C=O) groups is 2. The summed E-state index contributed by atoms with van der Waals surface area (Å²) in [4.78, 5) is 32.5. The molecule has 1 aromatic heterocycles. The van der Waals surface area contributed by atoms with Crippen LogP contribution < -0.4 is 21.5 Å². The Balaban J connectivity index is 1.47. The molecular formula is C26H22ClN5O3. The number of anilines is 1. The number of halogens is 1. The predicted molar refractivity (Wildman–Crippen MR) is 133 cm³/mol. The van der Waals surface area contributed by atoms with Crippen LogP contribution >= 0.6 is 11.6 Å². The van der Waals surface area contributed by atoms with E-state index in [1.807, 2.05) is 36.4 Å². The van der Waals surface area contributed by atoms with Gasteiger partial charge in [0.1, 0.15) is 11.5 Å². The number of carbonyl (C=O) groups excluding carboxylic acids is 2. The fourth-order valence-electron chi connectivity index (χ4n) is 3.43. The average Bonchev–Trinajstić information content (AvgIpc) is 2.85. The van der Waals surface area contributed by atoms with Crippen LogP contribution in [0.5, 0.6) is 11.5 Å². The molecule has 3 aromatic carbocycles. The third kappa shape index (κ3) is 5.93. The van der Waals surface area contributed by atoms with E-state index in [4.69, 9.17) is 27.8 Å². The van der Waals surface area contributed by atoms with Crippen LogP contribution in [-0.2, 0) is 13.0 Å². The van der Waals surface area contributed by atoms with Crippen LogP contribution in [0.3, 0.4) is 0 Å². The largest absolute Gasteiger partial charge is 0.457 e. The number of nitrogen functional groups attached to an aromatic ring is 1. The fraction of sp³-hybridized carbons (Fsp3) is 0.0769. The van der Waals surface area contributed by atoms with Gasteiger partial charge in [0.2, 0.25) is 0 Å². The van der Waals surface area contributed by atoms with E-state index in [1.54, 1.807) is 36.4 Å². The molecule has 5 N–H and O–H groups in total. The van der Waals surface area contributed by atoms with Gasteiger partial charge in [0.05, 0.1) is 11.9 Å². The summed E-state index contributed by atoms with van der Waals surface area (Å²) < 4.78 is 5.96. The maximum Gasteiger partial charge on any atom is 0.271 e. The first-order valence-corrected chi connectivity index (χ1v) is 11.1. The van der Waals surface area contributed by atoms with Gasteiger partial charge in [-0.3, -0.25) is 9.59 Å². The second-order valence-electron chi connectivity index (χ2n) is 7.65. The second kappa shape index (κ2) is 10.7. The van der Waals surface area contributed by atoms with Gasteiger partial charge in [-0.2, -0.15) is 0 Å². The van der Waals surface area contributed by atoms with Crippen LogP contribution in [0, 0.1) is 0 Å². The number of amides is 2. The van der Waals surface area contributed by atoms with Gasteiger partial charge in [0.25, 0.3) is 11.8 Å². The van der Waals surface area contributed by atoms with Gasteiger partial charge in [0, 0.05) is 29.1 Å². The van der Waals surface area contributed by atoms with Crippen LogP contribution in [0.2, 0.25) is 5.02 Å². The van der Waals surface area contributed by atoms with Crippen molar-refractivity contribution in [2.24, 2.45) is 5.73 Å². The molecule has 0 spiro atoms. The van der Waals surface area contributed by atoms with Crippen LogP contribution in [0.4, 0.5) is 5.82 Å². The standard InChI is InChI=1S/C26H22ClN5O3/c27-21-10-5-11-22(35-19-8-2-1-3-9-19)20(21)15-31-26(34)17-7-4-6-16(12-17)13-18-14-30-24(28)23(32-18)25(29)33/h1-12,14H,13,15H2,(H2,28,30)(H2,29,33)(H,31,34). The van der Waals surface area contributed by atoms with Crippen LogP contribution in [0.1, 0.15) is 37.7 Å². The Bertz CT molecular complexity index is 1380. The fourth-order valence-corrected chi connectivity index (χ4v) is 3.66. The van der Waals surface area contributed by atoms with E-state index >= 15 is 0 Å². The lowest BCUT2D eigenvalue weighted by atomic mass is 10.1. The van der Waals surface area contributed by atoms with E-state index in [0.29, 0.717) is 39.8 Å². The molecule has 0 saturated heterocycles. The maximum absolute atomic E-state index is 12.9. The van der Waals surface area contributed by atoms with Gasteiger partial charge < -0.3 is 21.5 Å². The highest BCUT2D eigenvalue weighted by molar-refractivity contribution is 6.31. The molecule has 0 atom stereocenters. The van der Waals surface area contributed by atoms with Crippen LogP contribution in [0.15, 0.2) is 79.0 Å². The highest BCUT2D eigenvalue weighted by Gasteiger charge is 2.14. The first kappa shape index (κ1) is 23.7. The van der Waals surface area contributed by atoms with Gasteiger partial charge in [-0.05, 0) is 42.0 Å². The summed E-state index contributed by atoms with van der Waals surface area (Å²) in [6, 6.07) is 21.7. The maximum atomic E-state index is 12.9. The third-order valence-electron chi connectivity index (χ3n) is 5.13. The Morgan fingerprint density at radius 1 is 1.00 bits per heavy atom. The summed E-state index contributed by atoms with van der Waals surface area (Å²) in [7, 11) is 0. The number of primary amides is 1. The molecular weight excluding hydrogens is 466 g/mol. The van der Waals surface area contributed by atoms with E-state index in [2.05, 4.69) is 15.3 Å². The van der Waals surface area contributed by atoms with Gasteiger partial charge in [0.15, 0.2) is 11.5 Å². The number of hydrogen-bond acceptors (Lipinski definition) is 6. The van der Waals surface area contributed by atoms with Crippen molar-refractivity contribution < 1.29 is 14.3 Å². The van der Waals surface area contributed by atoms with Crippen LogP contribution in [-0.4, -0.2) is 21.8 Å². The van der Waals surface area contributed by atoms with Crippen molar-refractivity contribution in [1.29, 1.82) is 0 Å². The highest BCUT2D eigenvalue weighted by Crippen LogP contribution is 2.30. The number of nitrogens with one attached hydrogen (secondary N) is 1. The van der Waals surface area contributed by atoms with Crippen molar-refractivity contribution in [2.75, 3.05) is 5.73 Å². The summed E-state index contributed by atoms with van der Waals surface area (Å²) in [5.74, 6) is 0.175. The van der Waals surface area contributed by atoms with E-state index < -0.39 is 5.91 Å². The van der Waals surface area contributed by atoms with Crippen molar-refractivity contribution in [3.8, 4) is 11.5 Å². The van der Waals surface area contributed by atoms with E-state index in [9.17, 15) is 9.59 Å². The lowest BCUT2D eigenvalue weighted by Gasteiger charge is -2.14. The molecule has 9 heteroatoms. The van der Waals surface area contributed by atoms with E-state index in [0.717, 1.165) is 5.56 Å². The minimum atomic E-state index is -0.750. The first-order chi connectivity index (χ1) is 16.9. The monoisotopic (exact) mass is 487 g/mol. The van der Waals surface area contributed by atoms with Gasteiger partial charge in [-0.15, -0.1) is 0 Å². The number of rotatable bonds is 8. The average molecular weight is 488 g/mol. The van der Waals surface area contributed by atoms with Gasteiger partial charge >= 0.3 is 0 Å². The summed E-state index contributed by atoms with van der Waals surface area (Å²) in [6.07, 6.45) is 1.81. The number of nitrogens with zero attached hydrogens (tertiary/aromatic N) is 2. The molecule has 4 rings (SSSR count). The number of aromatic nitrogens is 2. The number of hydrogen-bond donors (Lipinski definition) is 3. The molecule has 0 saturated carbocycles. The predicted octanol–water partition coefficient (Wildman–Crippen LogP) is 4.12. The third-order valence-corrected chi connectivity index (χ3v) is 5.49. The molecule has 0 aliphatic heterocycles. The molecule has 176 valence electrons. The molecule has 2 amide bonds. The van der Waals surface area contributed by atoms with Crippen molar-refractivity contribution in [1.82, 2.24) is 15.3 Å². The topological polar surface area (TPSA) is 133 Å². The quantitative estimate of drug-likeness (QED) is 0.342. The molecule has 8 nitrogen and oxygen atoms in total. The molecule has 0 aliphatic carbocycles. The normalized spacial score (nSPS) is 10.5. The first-order valence-electron chi connectivity index (χ1n) is 10.7. The molecule has 0 bridgehead atoms. The SMILES string of the molecule is NC(=O)c1nc(Cc2cccc(C(=O)NCc3c(Cl)cccc3Oc3ccccc3)c2)cnc1N. The zero-order valence-corrected chi connectivity index (χ0v) is 19.3. The lowest BCUT2D eigenvalue weighted by Crippen LogP contribution is -2.23. The van der Waals surface area contributed by atoms with Crippen molar-refractivity contribution >= 4 is 29.2 Å². The number of para-hydroxylation sites is 1. The summed E-state index contributed by atoms with van der Waals surface area (Å²) in [5.41, 5.74) is 13.3.